The molecule has 0 radical (unpaired) electrons. The van der Waals surface area contributed by atoms with Crippen molar-refractivity contribution in [2.75, 3.05) is 6.61 Å². The van der Waals surface area contributed by atoms with E-state index in [1.54, 1.807) is 0 Å². The normalized spacial score (nSPS) is 21.2. The highest BCUT2D eigenvalue weighted by Crippen LogP contribution is 2.33. The van der Waals surface area contributed by atoms with Crippen molar-refractivity contribution in [3.8, 4) is 0 Å². The zero-order chi connectivity index (χ0) is 13.7. The van der Waals surface area contributed by atoms with Gasteiger partial charge in [-0.2, -0.15) is 0 Å². The molecular formula is C16H24O3. The van der Waals surface area contributed by atoms with Gasteiger partial charge in [0.25, 0.3) is 0 Å². The second kappa shape index (κ2) is 6.51. The van der Waals surface area contributed by atoms with Gasteiger partial charge in [-0.15, -0.1) is 0 Å². The number of benzene rings is 1. The lowest BCUT2D eigenvalue weighted by Gasteiger charge is -2.29. The molecule has 1 aromatic rings. The van der Waals surface area contributed by atoms with Crippen molar-refractivity contribution in [3.63, 3.8) is 0 Å². The first-order chi connectivity index (χ1) is 9.13. The molecule has 0 saturated heterocycles. The Morgan fingerprint density at radius 1 is 1.21 bits per heavy atom. The third-order valence-corrected chi connectivity index (χ3v) is 3.96. The van der Waals surface area contributed by atoms with E-state index in [9.17, 15) is 10.2 Å². The molecule has 2 atom stereocenters. The summed E-state index contributed by atoms with van der Waals surface area (Å²) in [7, 11) is 0. The Hall–Kier alpha value is -0.900. The van der Waals surface area contributed by atoms with Crippen LogP contribution in [-0.4, -0.2) is 28.7 Å². The molecule has 1 saturated carbocycles. The van der Waals surface area contributed by atoms with E-state index in [0.29, 0.717) is 18.8 Å². The summed E-state index contributed by atoms with van der Waals surface area (Å²) in [6.45, 7) is 2.08. The van der Waals surface area contributed by atoms with Gasteiger partial charge >= 0.3 is 0 Å². The highest BCUT2D eigenvalue weighted by molar-refractivity contribution is 5.18. The minimum Gasteiger partial charge on any atom is -0.394 e. The Morgan fingerprint density at radius 3 is 2.42 bits per heavy atom. The van der Waals surface area contributed by atoms with Gasteiger partial charge in [-0.05, 0) is 30.7 Å². The van der Waals surface area contributed by atoms with Crippen molar-refractivity contribution in [1.82, 2.24) is 0 Å². The molecule has 0 heterocycles. The summed E-state index contributed by atoms with van der Waals surface area (Å²) in [5, 5.41) is 19.7. The highest BCUT2D eigenvalue weighted by Gasteiger charge is 2.34. The molecule has 0 aromatic heterocycles. The van der Waals surface area contributed by atoms with Gasteiger partial charge in [0.1, 0.15) is 0 Å². The summed E-state index contributed by atoms with van der Waals surface area (Å²) < 4.78 is 5.75. The summed E-state index contributed by atoms with van der Waals surface area (Å²) in [5.41, 5.74) is 1.24. The predicted octanol–water partition coefficient (Wildman–Crippen LogP) is 2.82. The van der Waals surface area contributed by atoms with Crippen LogP contribution < -0.4 is 0 Å². The molecule has 0 bridgehead atoms. The molecule has 1 aliphatic carbocycles. The Bertz CT molecular complexity index is 371. The molecule has 0 aliphatic heterocycles. The van der Waals surface area contributed by atoms with Crippen LogP contribution in [0.3, 0.4) is 0 Å². The maximum absolute atomic E-state index is 10.2. The zero-order valence-corrected chi connectivity index (χ0v) is 11.6. The molecule has 1 aromatic carbocycles. The van der Waals surface area contributed by atoms with Crippen molar-refractivity contribution >= 4 is 0 Å². The molecule has 0 amide bonds. The van der Waals surface area contributed by atoms with E-state index >= 15 is 0 Å². The quantitative estimate of drug-likeness (QED) is 0.777. The molecule has 2 unspecified atom stereocenters. The highest BCUT2D eigenvalue weighted by atomic mass is 16.6. The second-order valence-electron chi connectivity index (χ2n) is 5.62. The molecule has 106 valence electrons. The van der Waals surface area contributed by atoms with Crippen LogP contribution in [0, 0.1) is 0 Å². The first-order valence-electron chi connectivity index (χ1n) is 7.19. The van der Waals surface area contributed by atoms with Gasteiger partial charge in [-0.25, -0.2) is 0 Å². The van der Waals surface area contributed by atoms with Crippen molar-refractivity contribution in [1.29, 1.82) is 0 Å². The van der Waals surface area contributed by atoms with Gasteiger partial charge in [-0.3, -0.25) is 0 Å². The Labute approximate surface area is 115 Å². The Balaban J connectivity index is 1.91. The van der Waals surface area contributed by atoms with Crippen LogP contribution in [-0.2, 0) is 4.74 Å². The first kappa shape index (κ1) is 14.5. The Morgan fingerprint density at radius 2 is 1.84 bits per heavy atom. The van der Waals surface area contributed by atoms with Gasteiger partial charge in [0.2, 0.25) is 0 Å². The largest absolute Gasteiger partial charge is 0.394 e. The smallest absolute Gasteiger partial charge is 0.165 e. The molecule has 1 aliphatic rings. The third-order valence-electron chi connectivity index (χ3n) is 3.96. The third kappa shape index (κ3) is 4.03. The van der Waals surface area contributed by atoms with Crippen LogP contribution >= 0.6 is 0 Å². The molecule has 0 spiro atoms. The van der Waals surface area contributed by atoms with Crippen LogP contribution in [0.4, 0.5) is 0 Å². The number of ether oxygens (including phenoxy) is 1. The number of hydrogen-bond donors (Lipinski definition) is 2. The standard InChI is InChI=1S/C16H24O3/c1-13(14-7-3-2-4-8-14)11-15(12-17)19-16(18)9-5-6-10-16/h2-4,7-8,13,15,17-18H,5-6,9-12H2,1H3. The van der Waals surface area contributed by atoms with Crippen LogP contribution in [0.25, 0.3) is 0 Å². The molecular weight excluding hydrogens is 240 g/mol. The number of hydrogen-bond acceptors (Lipinski definition) is 3. The minimum atomic E-state index is -1.01. The maximum atomic E-state index is 10.2. The number of rotatable bonds is 6. The number of aliphatic hydroxyl groups is 2. The average Bonchev–Trinajstić information content (AvgIpc) is 2.85. The number of aliphatic hydroxyl groups excluding tert-OH is 1. The van der Waals surface area contributed by atoms with Crippen LogP contribution in [0.15, 0.2) is 30.3 Å². The van der Waals surface area contributed by atoms with E-state index < -0.39 is 5.79 Å². The van der Waals surface area contributed by atoms with Crippen molar-refractivity contribution in [2.24, 2.45) is 0 Å². The maximum Gasteiger partial charge on any atom is 0.165 e. The van der Waals surface area contributed by atoms with Crippen molar-refractivity contribution in [2.45, 2.75) is 56.8 Å². The van der Waals surface area contributed by atoms with Crippen molar-refractivity contribution in [3.05, 3.63) is 35.9 Å². The predicted molar refractivity (Wildman–Crippen MR) is 74.9 cm³/mol. The minimum absolute atomic E-state index is 0.0422. The van der Waals surface area contributed by atoms with E-state index in [2.05, 4.69) is 19.1 Å². The van der Waals surface area contributed by atoms with Crippen LogP contribution in [0.1, 0.15) is 50.5 Å². The van der Waals surface area contributed by atoms with Gasteiger partial charge in [0.05, 0.1) is 12.7 Å². The molecule has 2 rings (SSSR count). The fourth-order valence-electron chi connectivity index (χ4n) is 2.83. The second-order valence-corrected chi connectivity index (χ2v) is 5.62. The monoisotopic (exact) mass is 264 g/mol. The summed E-state index contributed by atoms with van der Waals surface area (Å²) in [6, 6.07) is 10.2. The molecule has 3 nitrogen and oxygen atoms in total. The van der Waals surface area contributed by atoms with Gasteiger partial charge in [0, 0.05) is 12.8 Å². The fraction of sp³-hybridized carbons (Fsp3) is 0.625. The lowest BCUT2D eigenvalue weighted by atomic mass is 9.95. The van der Waals surface area contributed by atoms with Gasteiger partial charge in [0.15, 0.2) is 5.79 Å². The van der Waals surface area contributed by atoms with E-state index in [1.165, 1.54) is 5.56 Å². The van der Waals surface area contributed by atoms with E-state index in [0.717, 1.165) is 19.3 Å². The van der Waals surface area contributed by atoms with Gasteiger partial charge < -0.3 is 14.9 Å². The molecule has 3 heteroatoms. The SMILES string of the molecule is CC(CC(CO)OC1(O)CCCC1)c1ccccc1. The van der Waals surface area contributed by atoms with E-state index in [4.69, 9.17) is 4.74 Å². The summed E-state index contributed by atoms with van der Waals surface area (Å²) in [4.78, 5) is 0. The summed E-state index contributed by atoms with van der Waals surface area (Å²) in [6.07, 6.45) is 3.81. The van der Waals surface area contributed by atoms with E-state index in [-0.39, 0.29) is 12.7 Å². The lowest BCUT2D eigenvalue weighted by molar-refractivity contribution is -0.232. The molecule has 19 heavy (non-hydrogen) atoms. The van der Waals surface area contributed by atoms with Gasteiger partial charge in [-0.1, -0.05) is 37.3 Å². The van der Waals surface area contributed by atoms with Crippen molar-refractivity contribution < 1.29 is 14.9 Å². The fourth-order valence-corrected chi connectivity index (χ4v) is 2.83. The molecule has 1 fully saturated rings. The van der Waals surface area contributed by atoms with Crippen LogP contribution in [0.5, 0.6) is 0 Å². The Kier molecular flexibility index (Phi) is 4.97. The molecule has 2 N–H and O–H groups in total. The lowest BCUT2D eigenvalue weighted by Crippen LogP contribution is -2.36. The summed E-state index contributed by atoms with van der Waals surface area (Å²) in [5.74, 6) is -0.701. The zero-order valence-electron chi connectivity index (χ0n) is 11.6. The first-order valence-corrected chi connectivity index (χ1v) is 7.19. The average molecular weight is 264 g/mol. The topological polar surface area (TPSA) is 49.7 Å². The van der Waals surface area contributed by atoms with Crippen LogP contribution in [0.2, 0.25) is 0 Å². The summed E-state index contributed by atoms with van der Waals surface area (Å²) >= 11 is 0. The van der Waals surface area contributed by atoms with E-state index in [1.807, 2.05) is 18.2 Å².